The topological polar surface area (TPSA) is 17.1 Å². The van der Waals surface area contributed by atoms with Crippen LogP contribution in [-0.2, 0) is 4.79 Å². The molecule has 4 fully saturated rings. The zero-order chi connectivity index (χ0) is 9.76. The standard InChI is InChI=1S/C12H17FO/c13-11(14)7-12-4-8-1-9(5-12)3-10(2-8)6-12/h8-10H,1-7H2. The molecule has 0 spiro atoms. The molecule has 0 radical (unpaired) electrons. The quantitative estimate of drug-likeness (QED) is 0.620. The summed E-state index contributed by atoms with van der Waals surface area (Å²) in [5.74, 6) is 2.46. The van der Waals surface area contributed by atoms with Crippen LogP contribution in [-0.4, -0.2) is 6.04 Å². The maximum atomic E-state index is 12.6. The van der Waals surface area contributed by atoms with Crippen molar-refractivity contribution < 1.29 is 9.18 Å². The molecule has 0 aromatic heterocycles. The zero-order valence-corrected chi connectivity index (χ0v) is 8.47. The van der Waals surface area contributed by atoms with E-state index in [9.17, 15) is 9.18 Å². The lowest BCUT2D eigenvalue weighted by molar-refractivity contribution is -0.137. The van der Waals surface area contributed by atoms with E-state index in [1.807, 2.05) is 0 Å². The van der Waals surface area contributed by atoms with Crippen molar-refractivity contribution in [2.24, 2.45) is 23.2 Å². The van der Waals surface area contributed by atoms with E-state index in [1.165, 1.54) is 19.3 Å². The summed E-state index contributed by atoms with van der Waals surface area (Å²) in [4.78, 5) is 10.7. The Kier molecular flexibility index (Phi) is 1.78. The Hall–Kier alpha value is -0.400. The zero-order valence-electron chi connectivity index (χ0n) is 8.47. The Balaban J connectivity index is 1.83. The molecule has 4 aliphatic carbocycles. The van der Waals surface area contributed by atoms with Crippen molar-refractivity contribution in [1.82, 2.24) is 0 Å². The second-order valence-corrected chi connectivity index (χ2v) is 5.95. The van der Waals surface area contributed by atoms with Crippen molar-refractivity contribution in [1.29, 1.82) is 0 Å². The molecule has 0 atom stereocenters. The molecule has 2 heteroatoms. The predicted octanol–water partition coefficient (Wildman–Crippen LogP) is 3.09. The van der Waals surface area contributed by atoms with Crippen LogP contribution in [0.1, 0.15) is 44.9 Å². The van der Waals surface area contributed by atoms with E-state index in [-0.39, 0.29) is 11.8 Å². The molecule has 0 aromatic rings. The third-order valence-electron chi connectivity index (χ3n) is 4.68. The van der Waals surface area contributed by atoms with Gasteiger partial charge in [0.25, 0.3) is 0 Å². The largest absolute Gasteiger partial charge is 0.302 e. The summed E-state index contributed by atoms with van der Waals surface area (Å²) in [6.45, 7) is 0. The van der Waals surface area contributed by atoms with Crippen LogP contribution in [0.2, 0.25) is 0 Å². The van der Waals surface area contributed by atoms with E-state index < -0.39 is 6.04 Å². The fraction of sp³-hybridized carbons (Fsp3) is 0.917. The molecule has 0 heterocycles. The van der Waals surface area contributed by atoms with Crippen LogP contribution in [0.25, 0.3) is 0 Å². The highest BCUT2D eigenvalue weighted by atomic mass is 19.1. The molecule has 0 N–H and O–H groups in total. The van der Waals surface area contributed by atoms with Crippen LogP contribution in [0.5, 0.6) is 0 Å². The summed E-state index contributed by atoms with van der Waals surface area (Å²) in [6.07, 6.45) is 7.70. The minimum atomic E-state index is -1.08. The number of halogens is 1. The smallest absolute Gasteiger partial charge is 0.261 e. The molecule has 78 valence electrons. The van der Waals surface area contributed by atoms with E-state index in [1.54, 1.807) is 0 Å². The monoisotopic (exact) mass is 196 g/mol. The maximum absolute atomic E-state index is 12.6. The van der Waals surface area contributed by atoms with Gasteiger partial charge in [0.05, 0.1) is 0 Å². The third kappa shape index (κ3) is 1.31. The summed E-state index contributed by atoms with van der Waals surface area (Å²) >= 11 is 0. The molecular weight excluding hydrogens is 179 g/mol. The molecule has 0 amide bonds. The lowest BCUT2D eigenvalue weighted by Crippen LogP contribution is -2.46. The fourth-order valence-corrected chi connectivity index (χ4v) is 4.80. The van der Waals surface area contributed by atoms with Crippen LogP contribution in [0.3, 0.4) is 0 Å². The van der Waals surface area contributed by atoms with Crippen molar-refractivity contribution in [3.63, 3.8) is 0 Å². The van der Waals surface area contributed by atoms with Crippen molar-refractivity contribution >= 4 is 6.04 Å². The van der Waals surface area contributed by atoms with Gasteiger partial charge in [0.15, 0.2) is 0 Å². The van der Waals surface area contributed by atoms with Crippen molar-refractivity contribution in [2.75, 3.05) is 0 Å². The first-order valence-electron chi connectivity index (χ1n) is 5.84. The van der Waals surface area contributed by atoms with Crippen LogP contribution in [0.4, 0.5) is 4.39 Å². The van der Waals surface area contributed by atoms with Crippen molar-refractivity contribution in [3.05, 3.63) is 0 Å². The number of rotatable bonds is 2. The SMILES string of the molecule is O=C(F)CC12CC3CC(CC(C3)C1)C2. The second-order valence-electron chi connectivity index (χ2n) is 5.95. The van der Waals surface area contributed by atoms with E-state index in [0.29, 0.717) is 0 Å². The molecule has 4 bridgehead atoms. The first-order chi connectivity index (χ1) is 6.65. The van der Waals surface area contributed by atoms with Gasteiger partial charge in [-0.2, -0.15) is 4.39 Å². The van der Waals surface area contributed by atoms with Gasteiger partial charge in [-0.15, -0.1) is 0 Å². The molecule has 0 aromatic carbocycles. The second kappa shape index (κ2) is 2.80. The molecular formula is C12H17FO. The number of carbonyl (C=O) groups is 1. The average molecular weight is 196 g/mol. The van der Waals surface area contributed by atoms with E-state index in [2.05, 4.69) is 0 Å². The molecule has 4 rings (SSSR count). The molecule has 0 aliphatic heterocycles. The maximum Gasteiger partial charge on any atom is 0.302 e. The number of hydrogen-bond donors (Lipinski definition) is 0. The molecule has 0 saturated heterocycles. The summed E-state index contributed by atoms with van der Waals surface area (Å²) in [7, 11) is 0. The van der Waals surface area contributed by atoms with E-state index in [0.717, 1.165) is 37.0 Å². The molecule has 0 unspecified atom stereocenters. The average Bonchev–Trinajstić information content (AvgIpc) is 1.96. The van der Waals surface area contributed by atoms with Crippen LogP contribution in [0, 0.1) is 23.2 Å². The van der Waals surface area contributed by atoms with Crippen molar-refractivity contribution in [2.45, 2.75) is 44.9 Å². The van der Waals surface area contributed by atoms with Gasteiger partial charge in [-0.1, -0.05) is 0 Å². The van der Waals surface area contributed by atoms with E-state index >= 15 is 0 Å². The van der Waals surface area contributed by atoms with Gasteiger partial charge < -0.3 is 0 Å². The highest BCUT2D eigenvalue weighted by Gasteiger charge is 2.51. The minimum absolute atomic E-state index is 0.0978. The van der Waals surface area contributed by atoms with Gasteiger partial charge in [-0.3, -0.25) is 4.79 Å². The minimum Gasteiger partial charge on any atom is -0.261 e. The normalized spacial score (nSPS) is 49.6. The lowest BCUT2D eigenvalue weighted by atomic mass is 9.49. The van der Waals surface area contributed by atoms with Crippen molar-refractivity contribution in [3.8, 4) is 0 Å². The molecule has 4 aliphatic rings. The Bertz CT molecular complexity index is 236. The van der Waals surface area contributed by atoms with Gasteiger partial charge in [-0.25, -0.2) is 0 Å². The third-order valence-corrected chi connectivity index (χ3v) is 4.68. The Morgan fingerprint density at radius 3 is 1.86 bits per heavy atom. The molecule has 1 nitrogen and oxygen atoms in total. The highest BCUT2D eigenvalue weighted by Crippen LogP contribution is 2.61. The Labute approximate surface area is 84.1 Å². The van der Waals surface area contributed by atoms with Gasteiger partial charge >= 0.3 is 6.04 Å². The van der Waals surface area contributed by atoms with Gasteiger partial charge in [0.1, 0.15) is 0 Å². The fourth-order valence-electron chi connectivity index (χ4n) is 4.80. The van der Waals surface area contributed by atoms with Gasteiger partial charge in [0, 0.05) is 6.42 Å². The Morgan fingerprint density at radius 1 is 1.07 bits per heavy atom. The summed E-state index contributed by atoms with van der Waals surface area (Å²) in [5, 5.41) is 0. The van der Waals surface area contributed by atoms with Crippen LogP contribution in [0.15, 0.2) is 0 Å². The van der Waals surface area contributed by atoms with E-state index in [4.69, 9.17) is 0 Å². The van der Waals surface area contributed by atoms with Gasteiger partial charge in [0.2, 0.25) is 0 Å². The van der Waals surface area contributed by atoms with Gasteiger partial charge in [-0.05, 0) is 61.7 Å². The first kappa shape index (κ1) is 8.87. The summed E-state index contributed by atoms with van der Waals surface area (Å²) < 4.78 is 12.6. The Morgan fingerprint density at radius 2 is 1.50 bits per heavy atom. The predicted molar refractivity (Wildman–Crippen MR) is 51.3 cm³/mol. The number of carbonyl (C=O) groups excluding carboxylic acids is 1. The summed E-state index contributed by atoms with van der Waals surface area (Å²) in [5.41, 5.74) is 0.0978. The highest BCUT2D eigenvalue weighted by molar-refractivity contribution is 5.68. The lowest BCUT2D eigenvalue weighted by Gasteiger charge is -2.56. The van der Waals surface area contributed by atoms with Crippen LogP contribution < -0.4 is 0 Å². The summed E-state index contributed by atoms with van der Waals surface area (Å²) in [6, 6.07) is -1.08. The molecule has 4 saturated carbocycles. The van der Waals surface area contributed by atoms with Crippen LogP contribution >= 0.6 is 0 Å². The first-order valence-corrected chi connectivity index (χ1v) is 5.84. The molecule has 14 heavy (non-hydrogen) atoms. The number of hydrogen-bond acceptors (Lipinski definition) is 1.